The Morgan fingerprint density at radius 2 is 1.66 bits per heavy atom. The van der Waals surface area contributed by atoms with E-state index in [1.54, 1.807) is 4.90 Å². The lowest BCUT2D eigenvalue weighted by atomic mass is 10.1. The number of rotatable bonds is 8. The van der Waals surface area contributed by atoms with Crippen molar-refractivity contribution in [1.29, 1.82) is 0 Å². The molecule has 2 amide bonds. The number of carbonyl (C=O) groups is 2. The number of nitrogens with one attached hydrogen (secondary N) is 1. The number of carbonyl (C=O) groups excluding carboxylic acids is 2. The van der Waals surface area contributed by atoms with Crippen molar-refractivity contribution in [3.8, 4) is 0 Å². The minimum Gasteiger partial charge on any atom is -0.372 e. The Morgan fingerprint density at radius 3 is 2.24 bits per heavy atom. The maximum atomic E-state index is 12.5. The van der Waals surface area contributed by atoms with Gasteiger partial charge in [0.05, 0.1) is 0 Å². The summed E-state index contributed by atoms with van der Waals surface area (Å²) in [5.41, 5.74) is 6.05. The quantitative estimate of drug-likeness (QED) is 0.696. The monoisotopic (exact) mass is 395 g/mol. The van der Waals surface area contributed by atoms with Crippen molar-refractivity contribution < 1.29 is 9.59 Å². The van der Waals surface area contributed by atoms with E-state index in [-0.39, 0.29) is 18.2 Å². The summed E-state index contributed by atoms with van der Waals surface area (Å²) in [4.78, 5) is 28.7. The number of nitrogens with zero attached hydrogens (tertiary/aromatic N) is 2. The van der Waals surface area contributed by atoms with Crippen LogP contribution in [0.5, 0.6) is 0 Å². The van der Waals surface area contributed by atoms with Crippen LogP contribution in [0, 0.1) is 20.8 Å². The molecule has 0 spiro atoms. The average Bonchev–Trinajstić information content (AvgIpc) is 2.68. The van der Waals surface area contributed by atoms with Gasteiger partial charge >= 0.3 is 0 Å². The number of aryl methyl sites for hydroxylation is 2. The lowest BCUT2D eigenvalue weighted by Crippen LogP contribution is -2.32. The van der Waals surface area contributed by atoms with Crippen molar-refractivity contribution in [3.63, 3.8) is 0 Å². The number of anilines is 3. The van der Waals surface area contributed by atoms with Crippen molar-refractivity contribution in [2.45, 2.75) is 48.0 Å². The predicted molar refractivity (Wildman–Crippen MR) is 122 cm³/mol. The van der Waals surface area contributed by atoms with Gasteiger partial charge in [-0.15, -0.1) is 0 Å². The molecule has 0 saturated carbocycles. The Hall–Kier alpha value is -2.82. The average molecular weight is 396 g/mol. The molecular weight excluding hydrogens is 362 g/mol. The second-order valence-electron chi connectivity index (χ2n) is 7.36. The first-order chi connectivity index (χ1) is 13.8. The van der Waals surface area contributed by atoms with Gasteiger partial charge in [0.25, 0.3) is 0 Å². The molecule has 0 unspecified atom stereocenters. The molecule has 1 N–H and O–H groups in total. The molecule has 29 heavy (non-hydrogen) atoms. The fourth-order valence-electron chi connectivity index (χ4n) is 3.48. The second kappa shape index (κ2) is 10.1. The van der Waals surface area contributed by atoms with Gasteiger partial charge in [0.1, 0.15) is 0 Å². The SMILES string of the molecule is CCN(CC)c1ccc(NC(=O)CCN(C(C)=O)c2cccc(C)c2C)c(C)c1. The van der Waals surface area contributed by atoms with Crippen molar-refractivity contribution in [3.05, 3.63) is 53.1 Å². The van der Waals surface area contributed by atoms with E-state index in [4.69, 9.17) is 0 Å². The summed E-state index contributed by atoms with van der Waals surface area (Å²) in [6.45, 7) is 14.1. The summed E-state index contributed by atoms with van der Waals surface area (Å²) in [6.07, 6.45) is 0.240. The first-order valence-electron chi connectivity index (χ1n) is 10.3. The summed E-state index contributed by atoms with van der Waals surface area (Å²) in [7, 11) is 0. The first kappa shape index (κ1) is 22.5. The van der Waals surface area contributed by atoms with Crippen LogP contribution in [0.3, 0.4) is 0 Å². The highest BCUT2D eigenvalue weighted by molar-refractivity contribution is 5.95. The summed E-state index contributed by atoms with van der Waals surface area (Å²) < 4.78 is 0. The number of amides is 2. The lowest BCUT2D eigenvalue weighted by molar-refractivity contribution is -0.117. The molecule has 5 nitrogen and oxygen atoms in total. The van der Waals surface area contributed by atoms with Crippen LogP contribution in [0.4, 0.5) is 17.1 Å². The largest absolute Gasteiger partial charge is 0.372 e. The van der Waals surface area contributed by atoms with Gasteiger partial charge in [-0.05, 0) is 75.6 Å². The van der Waals surface area contributed by atoms with Gasteiger partial charge in [-0.2, -0.15) is 0 Å². The number of hydrogen-bond acceptors (Lipinski definition) is 3. The van der Waals surface area contributed by atoms with Gasteiger partial charge < -0.3 is 15.1 Å². The molecule has 0 aliphatic carbocycles. The van der Waals surface area contributed by atoms with Gasteiger partial charge in [-0.1, -0.05) is 12.1 Å². The standard InChI is InChI=1S/C24H33N3O2/c1-7-26(8-2)21-12-13-22(18(4)16-21)25-24(29)14-15-27(20(6)28)23-11-9-10-17(3)19(23)5/h9-13,16H,7-8,14-15H2,1-6H3,(H,25,29). The molecule has 2 rings (SSSR count). The molecule has 0 saturated heterocycles. The molecule has 0 aliphatic heterocycles. The Balaban J connectivity index is 2.06. The van der Waals surface area contributed by atoms with Crippen molar-refractivity contribution in [2.24, 2.45) is 0 Å². The van der Waals surface area contributed by atoms with E-state index in [1.807, 2.05) is 51.1 Å². The molecule has 0 radical (unpaired) electrons. The third-order valence-corrected chi connectivity index (χ3v) is 5.42. The van der Waals surface area contributed by atoms with Gasteiger partial charge in [0, 0.05) is 50.0 Å². The molecule has 156 valence electrons. The fraction of sp³-hybridized carbons (Fsp3) is 0.417. The summed E-state index contributed by atoms with van der Waals surface area (Å²) in [5.74, 6) is -0.161. The molecule has 0 fully saturated rings. The normalized spacial score (nSPS) is 10.6. The van der Waals surface area contributed by atoms with E-state index in [1.165, 1.54) is 6.92 Å². The number of benzene rings is 2. The third kappa shape index (κ3) is 5.59. The van der Waals surface area contributed by atoms with Crippen LogP contribution in [0.1, 0.15) is 43.9 Å². The summed E-state index contributed by atoms with van der Waals surface area (Å²) in [6, 6.07) is 12.0. The van der Waals surface area contributed by atoms with Crippen molar-refractivity contribution in [1.82, 2.24) is 0 Å². The van der Waals surface area contributed by atoms with Crippen LogP contribution >= 0.6 is 0 Å². The van der Waals surface area contributed by atoms with Crippen LogP contribution in [-0.2, 0) is 9.59 Å². The topological polar surface area (TPSA) is 52.7 Å². The second-order valence-corrected chi connectivity index (χ2v) is 7.36. The van der Waals surface area contributed by atoms with E-state index in [0.29, 0.717) is 6.54 Å². The molecule has 0 atom stereocenters. The van der Waals surface area contributed by atoms with E-state index < -0.39 is 0 Å². The minimum atomic E-state index is -0.0970. The first-order valence-corrected chi connectivity index (χ1v) is 10.3. The van der Waals surface area contributed by atoms with Gasteiger partial charge in [0.2, 0.25) is 11.8 Å². The molecule has 0 bridgehead atoms. The number of hydrogen-bond donors (Lipinski definition) is 1. The zero-order valence-corrected chi connectivity index (χ0v) is 18.5. The minimum absolute atomic E-state index is 0.0637. The van der Waals surface area contributed by atoms with Crippen molar-refractivity contribution >= 4 is 28.9 Å². The Labute approximate surface area is 174 Å². The molecule has 2 aromatic rings. The molecule has 0 aromatic heterocycles. The van der Waals surface area contributed by atoms with Gasteiger partial charge in [-0.3, -0.25) is 9.59 Å². The highest BCUT2D eigenvalue weighted by Gasteiger charge is 2.16. The Bertz CT molecular complexity index is 872. The lowest BCUT2D eigenvalue weighted by Gasteiger charge is -2.24. The fourth-order valence-corrected chi connectivity index (χ4v) is 3.48. The smallest absolute Gasteiger partial charge is 0.226 e. The van der Waals surface area contributed by atoms with E-state index in [9.17, 15) is 9.59 Å². The molecular formula is C24H33N3O2. The highest BCUT2D eigenvalue weighted by atomic mass is 16.2. The maximum absolute atomic E-state index is 12.5. The van der Waals surface area contributed by atoms with E-state index >= 15 is 0 Å². The molecule has 5 heteroatoms. The molecule has 0 heterocycles. The van der Waals surface area contributed by atoms with Crippen molar-refractivity contribution in [2.75, 3.05) is 34.8 Å². The van der Waals surface area contributed by atoms with Crippen LogP contribution in [0.2, 0.25) is 0 Å². The zero-order valence-electron chi connectivity index (χ0n) is 18.5. The van der Waals surface area contributed by atoms with Crippen LogP contribution in [-0.4, -0.2) is 31.4 Å². The Morgan fingerprint density at radius 1 is 0.966 bits per heavy atom. The summed E-state index contributed by atoms with van der Waals surface area (Å²) in [5, 5.41) is 2.99. The molecule has 2 aromatic carbocycles. The van der Waals surface area contributed by atoms with Crippen LogP contribution < -0.4 is 15.1 Å². The van der Waals surface area contributed by atoms with Gasteiger partial charge in [-0.25, -0.2) is 0 Å². The summed E-state index contributed by atoms with van der Waals surface area (Å²) >= 11 is 0. The Kier molecular flexibility index (Phi) is 7.82. The predicted octanol–water partition coefficient (Wildman–Crippen LogP) is 4.84. The third-order valence-electron chi connectivity index (χ3n) is 5.42. The van der Waals surface area contributed by atoms with Crippen LogP contribution in [0.25, 0.3) is 0 Å². The van der Waals surface area contributed by atoms with Crippen LogP contribution in [0.15, 0.2) is 36.4 Å². The van der Waals surface area contributed by atoms with E-state index in [2.05, 4.69) is 30.1 Å². The zero-order chi connectivity index (χ0) is 21.6. The van der Waals surface area contributed by atoms with E-state index in [0.717, 1.165) is 46.8 Å². The molecule has 0 aliphatic rings. The maximum Gasteiger partial charge on any atom is 0.226 e. The van der Waals surface area contributed by atoms with Gasteiger partial charge in [0.15, 0.2) is 0 Å². The highest BCUT2D eigenvalue weighted by Crippen LogP contribution is 2.24.